The summed E-state index contributed by atoms with van der Waals surface area (Å²) in [5.41, 5.74) is -1.19. The van der Waals surface area contributed by atoms with Gasteiger partial charge in [-0.2, -0.15) is 35.7 Å². The smallest absolute Gasteiger partial charge is 0.358 e. The van der Waals surface area contributed by atoms with Crippen molar-refractivity contribution in [1.29, 1.82) is 0 Å². The summed E-state index contributed by atoms with van der Waals surface area (Å²) in [5, 5.41) is 0. The number of pyridine rings is 1. The summed E-state index contributed by atoms with van der Waals surface area (Å²) < 4.78 is 90.5. The van der Waals surface area contributed by atoms with Gasteiger partial charge in [-0.1, -0.05) is 0 Å². The Kier molecular flexibility index (Phi) is 4.40. The van der Waals surface area contributed by atoms with E-state index in [0.717, 1.165) is 7.05 Å². The summed E-state index contributed by atoms with van der Waals surface area (Å²) in [7, 11) is 0.958. The number of likely N-dealkylation sites (tertiary alicyclic amines) is 1. The molecule has 1 saturated heterocycles. The molecule has 1 aliphatic rings. The van der Waals surface area contributed by atoms with Crippen LogP contribution in [0.3, 0.4) is 0 Å². The van der Waals surface area contributed by atoms with Crippen molar-refractivity contribution in [3.8, 4) is 0 Å². The van der Waals surface area contributed by atoms with Crippen molar-refractivity contribution in [2.75, 3.05) is 25.0 Å². The lowest BCUT2D eigenvalue weighted by atomic mass is 10.2. The lowest BCUT2D eigenvalue weighted by molar-refractivity contribution is -0.157. The Hall–Kier alpha value is -2.07. The Morgan fingerprint density at radius 1 is 1.17 bits per heavy atom. The second-order valence-electron chi connectivity index (χ2n) is 4.96. The number of carbonyl (C=O) groups is 1. The molecule has 1 unspecified atom stereocenters. The molecular weight excluding hydrogens is 335 g/mol. The fourth-order valence-corrected chi connectivity index (χ4v) is 2.40. The van der Waals surface area contributed by atoms with Crippen LogP contribution in [-0.4, -0.2) is 48.1 Å². The van der Waals surface area contributed by atoms with Gasteiger partial charge in [0.05, 0.1) is 0 Å². The highest BCUT2D eigenvalue weighted by Crippen LogP contribution is 2.30. The molecule has 1 aromatic rings. The van der Waals surface area contributed by atoms with E-state index in [2.05, 4.69) is 4.98 Å². The molecule has 2 heterocycles. The first-order chi connectivity index (χ1) is 10.5. The van der Waals surface area contributed by atoms with E-state index in [9.17, 15) is 35.5 Å². The normalized spacial score (nSPS) is 18.7. The van der Waals surface area contributed by atoms with Gasteiger partial charge in [0.1, 0.15) is 18.3 Å². The molecule has 0 radical (unpaired) electrons. The molecular formula is C12H10F7N3O. The van der Waals surface area contributed by atoms with Crippen LogP contribution in [0.4, 0.5) is 36.4 Å². The molecule has 1 atom stereocenters. The van der Waals surface area contributed by atoms with Gasteiger partial charge in [-0.25, -0.2) is 0 Å². The SMILES string of the molecule is CN(c1c(F)c(F)nc(F)c1F)C1CCN(CC(F)(F)F)C1=O. The van der Waals surface area contributed by atoms with Crippen LogP contribution < -0.4 is 4.90 Å². The zero-order valence-corrected chi connectivity index (χ0v) is 11.6. The van der Waals surface area contributed by atoms with E-state index < -0.39 is 53.9 Å². The first-order valence-electron chi connectivity index (χ1n) is 6.31. The molecule has 1 aromatic heterocycles. The van der Waals surface area contributed by atoms with E-state index in [1.165, 1.54) is 0 Å². The molecule has 23 heavy (non-hydrogen) atoms. The minimum Gasteiger partial charge on any atom is -0.358 e. The zero-order chi connectivity index (χ0) is 17.5. The van der Waals surface area contributed by atoms with Crippen LogP contribution in [0.5, 0.6) is 0 Å². The summed E-state index contributed by atoms with van der Waals surface area (Å²) in [6.07, 6.45) is -4.82. The number of carbonyl (C=O) groups excluding carboxylic acids is 1. The third-order valence-electron chi connectivity index (χ3n) is 3.43. The molecule has 0 aliphatic carbocycles. The number of anilines is 1. The maximum absolute atomic E-state index is 13.7. The summed E-state index contributed by atoms with van der Waals surface area (Å²) in [6, 6.07) is -1.37. The average Bonchev–Trinajstić information content (AvgIpc) is 2.76. The van der Waals surface area contributed by atoms with Crippen LogP contribution in [0, 0.1) is 23.5 Å². The predicted octanol–water partition coefficient (Wildman–Crippen LogP) is 2.24. The van der Waals surface area contributed by atoms with Crippen LogP contribution in [0.15, 0.2) is 0 Å². The number of likely N-dealkylation sites (N-methyl/N-ethyl adjacent to an activating group) is 1. The Balaban J connectivity index is 2.29. The topological polar surface area (TPSA) is 36.4 Å². The predicted molar refractivity (Wildman–Crippen MR) is 63.5 cm³/mol. The van der Waals surface area contributed by atoms with Gasteiger partial charge in [0.25, 0.3) is 11.9 Å². The quantitative estimate of drug-likeness (QED) is 0.623. The van der Waals surface area contributed by atoms with E-state index in [4.69, 9.17) is 0 Å². The lowest BCUT2D eigenvalue weighted by Gasteiger charge is -2.26. The highest BCUT2D eigenvalue weighted by Gasteiger charge is 2.42. The fraction of sp³-hybridized carbons (Fsp3) is 0.500. The maximum Gasteiger partial charge on any atom is 0.406 e. The summed E-state index contributed by atoms with van der Waals surface area (Å²) in [4.78, 5) is 15.3. The standard InChI is InChI=1S/C12H10F7N3O/c1-21(8-6(13)9(15)20-10(16)7(8)14)5-2-3-22(11(5)23)4-12(17,18)19/h5H,2-4H2,1H3. The number of alkyl halides is 3. The molecule has 2 rings (SSSR count). The zero-order valence-electron chi connectivity index (χ0n) is 11.6. The van der Waals surface area contributed by atoms with Gasteiger partial charge < -0.3 is 9.80 Å². The molecule has 128 valence electrons. The summed E-state index contributed by atoms with van der Waals surface area (Å²) in [5.74, 6) is -8.52. The highest BCUT2D eigenvalue weighted by molar-refractivity contribution is 5.87. The van der Waals surface area contributed by atoms with E-state index in [1.54, 1.807) is 0 Å². The van der Waals surface area contributed by atoms with Gasteiger partial charge in [0.15, 0.2) is 0 Å². The van der Waals surface area contributed by atoms with Gasteiger partial charge in [0, 0.05) is 13.6 Å². The minimum absolute atomic E-state index is 0.185. The third kappa shape index (κ3) is 3.32. The Bertz CT molecular complexity index is 608. The molecule has 1 fully saturated rings. The van der Waals surface area contributed by atoms with Crippen LogP contribution in [0.1, 0.15) is 6.42 Å². The first-order valence-corrected chi connectivity index (χ1v) is 6.31. The van der Waals surface area contributed by atoms with Crippen molar-refractivity contribution in [2.45, 2.75) is 18.6 Å². The Morgan fingerprint density at radius 2 is 1.70 bits per heavy atom. The fourth-order valence-electron chi connectivity index (χ4n) is 2.40. The van der Waals surface area contributed by atoms with Gasteiger partial charge in [-0.15, -0.1) is 0 Å². The Morgan fingerprint density at radius 3 is 2.17 bits per heavy atom. The van der Waals surface area contributed by atoms with E-state index in [-0.39, 0.29) is 13.0 Å². The number of aromatic nitrogens is 1. The van der Waals surface area contributed by atoms with Crippen molar-refractivity contribution in [2.24, 2.45) is 0 Å². The molecule has 4 nitrogen and oxygen atoms in total. The lowest BCUT2D eigenvalue weighted by Crippen LogP contribution is -2.43. The van der Waals surface area contributed by atoms with Gasteiger partial charge in [-0.05, 0) is 6.42 Å². The molecule has 0 saturated carbocycles. The van der Waals surface area contributed by atoms with E-state index in [1.807, 2.05) is 0 Å². The van der Waals surface area contributed by atoms with Crippen LogP contribution >= 0.6 is 0 Å². The summed E-state index contributed by atoms with van der Waals surface area (Å²) in [6.45, 7) is -1.81. The largest absolute Gasteiger partial charge is 0.406 e. The number of nitrogens with zero attached hydrogens (tertiary/aromatic N) is 3. The average molecular weight is 345 g/mol. The van der Waals surface area contributed by atoms with E-state index >= 15 is 0 Å². The van der Waals surface area contributed by atoms with Crippen molar-refractivity contribution < 1.29 is 35.5 Å². The molecule has 1 amide bonds. The molecule has 1 aliphatic heterocycles. The number of rotatable bonds is 3. The molecule has 0 N–H and O–H groups in total. The van der Waals surface area contributed by atoms with Crippen molar-refractivity contribution >= 4 is 11.6 Å². The van der Waals surface area contributed by atoms with Crippen molar-refractivity contribution in [3.63, 3.8) is 0 Å². The number of amides is 1. The van der Waals surface area contributed by atoms with Crippen LogP contribution in [0.2, 0.25) is 0 Å². The summed E-state index contributed by atoms with van der Waals surface area (Å²) >= 11 is 0. The molecule has 11 heteroatoms. The van der Waals surface area contributed by atoms with Crippen LogP contribution in [-0.2, 0) is 4.79 Å². The molecule has 0 spiro atoms. The molecule has 0 aromatic carbocycles. The second kappa shape index (κ2) is 5.85. The van der Waals surface area contributed by atoms with Gasteiger partial charge >= 0.3 is 6.18 Å². The van der Waals surface area contributed by atoms with Crippen LogP contribution in [0.25, 0.3) is 0 Å². The third-order valence-corrected chi connectivity index (χ3v) is 3.43. The Labute approximate surface area is 125 Å². The number of hydrogen-bond donors (Lipinski definition) is 0. The van der Waals surface area contributed by atoms with E-state index in [0.29, 0.717) is 9.80 Å². The second-order valence-corrected chi connectivity index (χ2v) is 4.96. The maximum atomic E-state index is 13.7. The van der Waals surface area contributed by atoms with Gasteiger partial charge in [0.2, 0.25) is 17.5 Å². The molecule has 0 bridgehead atoms. The van der Waals surface area contributed by atoms with Gasteiger partial charge in [-0.3, -0.25) is 4.79 Å². The van der Waals surface area contributed by atoms with Crippen molar-refractivity contribution in [1.82, 2.24) is 9.88 Å². The highest BCUT2D eigenvalue weighted by atomic mass is 19.4. The number of hydrogen-bond acceptors (Lipinski definition) is 3. The monoisotopic (exact) mass is 345 g/mol. The first kappa shape index (κ1) is 17.3. The number of halogens is 7. The minimum atomic E-state index is -4.63. The van der Waals surface area contributed by atoms with Crippen molar-refractivity contribution in [3.05, 3.63) is 23.5 Å².